The Bertz CT molecular complexity index is 599. The van der Waals surface area contributed by atoms with Crippen LogP contribution in [0.5, 0.6) is 0 Å². The number of nitriles is 1. The predicted molar refractivity (Wildman–Crippen MR) is 84.0 cm³/mol. The summed E-state index contributed by atoms with van der Waals surface area (Å²) < 4.78 is 0. The summed E-state index contributed by atoms with van der Waals surface area (Å²) in [6.45, 7) is 3.20. The number of nitrogens with zero attached hydrogens (tertiary/aromatic N) is 5. The first-order chi connectivity index (χ1) is 11.2. The standard InChI is InChI=1S/C16H21N5O2/c17-10-14-9-15(19-11-18-14)20-5-1-12(2-6-20)13-3-7-21(8-4-13)16(22)23/h9,11-13H,1-8H2,(H,22,23). The lowest BCUT2D eigenvalue weighted by molar-refractivity contribution is 0.107. The maximum Gasteiger partial charge on any atom is 0.407 e. The lowest BCUT2D eigenvalue weighted by Crippen LogP contribution is -2.42. The van der Waals surface area contributed by atoms with Crippen LogP contribution in [0.4, 0.5) is 10.6 Å². The van der Waals surface area contributed by atoms with Crippen molar-refractivity contribution >= 4 is 11.9 Å². The Morgan fingerprint density at radius 2 is 1.74 bits per heavy atom. The maximum atomic E-state index is 11.0. The molecule has 0 aliphatic carbocycles. The van der Waals surface area contributed by atoms with Crippen LogP contribution in [0.3, 0.4) is 0 Å². The Morgan fingerprint density at radius 3 is 2.30 bits per heavy atom. The van der Waals surface area contributed by atoms with Crippen molar-refractivity contribution in [2.45, 2.75) is 25.7 Å². The molecule has 0 saturated carbocycles. The zero-order valence-corrected chi connectivity index (χ0v) is 13.1. The molecule has 0 radical (unpaired) electrons. The van der Waals surface area contributed by atoms with E-state index in [0.29, 0.717) is 30.6 Å². The minimum absolute atomic E-state index is 0.401. The number of likely N-dealkylation sites (tertiary alicyclic amines) is 1. The van der Waals surface area contributed by atoms with Gasteiger partial charge in [0.05, 0.1) is 0 Å². The minimum Gasteiger partial charge on any atom is -0.465 e. The van der Waals surface area contributed by atoms with E-state index in [1.165, 1.54) is 11.2 Å². The van der Waals surface area contributed by atoms with Gasteiger partial charge in [0, 0.05) is 32.2 Å². The second-order valence-corrected chi connectivity index (χ2v) is 6.30. The number of hydrogen-bond acceptors (Lipinski definition) is 5. The molecular formula is C16H21N5O2. The number of piperidine rings is 2. The topological polar surface area (TPSA) is 93.4 Å². The van der Waals surface area contributed by atoms with E-state index in [2.05, 4.69) is 14.9 Å². The molecule has 0 unspecified atom stereocenters. The van der Waals surface area contributed by atoms with Gasteiger partial charge in [0.1, 0.15) is 23.9 Å². The van der Waals surface area contributed by atoms with Crippen LogP contribution >= 0.6 is 0 Å². The van der Waals surface area contributed by atoms with Crippen molar-refractivity contribution in [3.63, 3.8) is 0 Å². The highest BCUT2D eigenvalue weighted by Gasteiger charge is 2.31. The SMILES string of the molecule is N#Cc1cc(N2CCC(C3CCN(C(=O)O)CC3)CC2)ncn1. The molecule has 0 bridgehead atoms. The van der Waals surface area contributed by atoms with E-state index in [1.807, 2.05) is 6.07 Å². The summed E-state index contributed by atoms with van der Waals surface area (Å²) in [5.74, 6) is 2.13. The van der Waals surface area contributed by atoms with Crippen molar-refractivity contribution in [3.05, 3.63) is 18.1 Å². The van der Waals surface area contributed by atoms with E-state index in [4.69, 9.17) is 10.4 Å². The van der Waals surface area contributed by atoms with Gasteiger partial charge in [-0.1, -0.05) is 0 Å². The van der Waals surface area contributed by atoms with E-state index in [9.17, 15) is 4.79 Å². The van der Waals surface area contributed by atoms with Gasteiger partial charge in [0.15, 0.2) is 0 Å². The second-order valence-electron chi connectivity index (χ2n) is 6.30. The number of hydrogen-bond donors (Lipinski definition) is 1. The van der Waals surface area contributed by atoms with Crippen LogP contribution in [0.1, 0.15) is 31.4 Å². The van der Waals surface area contributed by atoms with Gasteiger partial charge in [-0.2, -0.15) is 5.26 Å². The van der Waals surface area contributed by atoms with Gasteiger partial charge in [-0.25, -0.2) is 14.8 Å². The van der Waals surface area contributed by atoms with Crippen LogP contribution in [0.25, 0.3) is 0 Å². The van der Waals surface area contributed by atoms with E-state index >= 15 is 0 Å². The average molecular weight is 315 g/mol. The fraction of sp³-hybridized carbons (Fsp3) is 0.625. The summed E-state index contributed by atoms with van der Waals surface area (Å²) >= 11 is 0. The molecule has 2 aliphatic heterocycles. The largest absolute Gasteiger partial charge is 0.465 e. The Hall–Kier alpha value is -2.36. The Labute approximate surface area is 135 Å². The fourth-order valence-electron chi connectivity index (χ4n) is 3.74. The number of carbonyl (C=O) groups is 1. The van der Waals surface area contributed by atoms with E-state index in [-0.39, 0.29) is 0 Å². The number of rotatable bonds is 2. The fourth-order valence-corrected chi connectivity index (χ4v) is 3.74. The van der Waals surface area contributed by atoms with Gasteiger partial charge in [-0.05, 0) is 37.5 Å². The van der Waals surface area contributed by atoms with Gasteiger partial charge in [0.25, 0.3) is 0 Å². The highest BCUT2D eigenvalue weighted by atomic mass is 16.4. The molecule has 1 N–H and O–H groups in total. The van der Waals surface area contributed by atoms with Crippen LogP contribution < -0.4 is 4.90 Å². The van der Waals surface area contributed by atoms with Crippen molar-refractivity contribution in [1.29, 1.82) is 5.26 Å². The van der Waals surface area contributed by atoms with Crippen molar-refractivity contribution in [3.8, 4) is 6.07 Å². The molecule has 1 amide bonds. The number of amides is 1. The monoisotopic (exact) mass is 315 g/mol. The molecule has 7 nitrogen and oxygen atoms in total. The number of carboxylic acid groups (broad SMARTS) is 1. The molecule has 1 aromatic rings. The molecular weight excluding hydrogens is 294 g/mol. The highest BCUT2D eigenvalue weighted by molar-refractivity contribution is 5.64. The summed E-state index contributed by atoms with van der Waals surface area (Å²) in [7, 11) is 0. The molecule has 2 saturated heterocycles. The second kappa shape index (κ2) is 6.82. The molecule has 3 heterocycles. The van der Waals surface area contributed by atoms with Crippen LogP contribution in [-0.4, -0.2) is 52.2 Å². The number of anilines is 1. The maximum absolute atomic E-state index is 11.0. The molecule has 0 aromatic carbocycles. The minimum atomic E-state index is -0.796. The van der Waals surface area contributed by atoms with Crippen LogP contribution in [0.2, 0.25) is 0 Å². The number of aromatic nitrogens is 2. The average Bonchev–Trinajstić information content (AvgIpc) is 2.62. The summed E-state index contributed by atoms with van der Waals surface area (Å²) in [5, 5.41) is 18.0. The third kappa shape index (κ3) is 3.52. The van der Waals surface area contributed by atoms with Gasteiger partial charge < -0.3 is 14.9 Å². The summed E-state index contributed by atoms with van der Waals surface area (Å²) in [6, 6.07) is 3.79. The van der Waals surface area contributed by atoms with Crippen molar-refractivity contribution in [2.24, 2.45) is 11.8 Å². The van der Waals surface area contributed by atoms with E-state index in [0.717, 1.165) is 44.6 Å². The molecule has 2 aliphatic rings. The first-order valence-corrected chi connectivity index (χ1v) is 8.12. The van der Waals surface area contributed by atoms with E-state index in [1.54, 1.807) is 6.07 Å². The third-order valence-electron chi connectivity index (χ3n) is 5.11. The van der Waals surface area contributed by atoms with Gasteiger partial charge in [-0.15, -0.1) is 0 Å². The molecule has 2 fully saturated rings. The Kier molecular flexibility index (Phi) is 4.60. The molecule has 23 heavy (non-hydrogen) atoms. The lowest BCUT2D eigenvalue weighted by Gasteiger charge is -2.39. The quantitative estimate of drug-likeness (QED) is 0.896. The third-order valence-corrected chi connectivity index (χ3v) is 5.11. The summed E-state index contributed by atoms with van der Waals surface area (Å²) in [4.78, 5) is 22.9. The van der Waals surface area contributed by atoms with Crippen molar-refractivity contribution < 1.29 is 9.90 Å². The molecule has 3 rings (SSSR count). The van der Waals surface area contributed by atoms with E-state index < -0.39 is 6.09 Å². The Balaban J connectivity index is 1.53. The zero-order chi connectivity index (χ0) is 16.2. The van der Waals surface area contributed by atoms with Crippen LogP contribution in [0.15, 0.2) is 12.4 Å². The first kappa shape index (κ1) is 15.5. The Morgan fingerprint density at radius 1 is 1.13 bits per heavy atom. The van der Waals surface area contributed by atoms with Gasteiger partial charge in [0.2, 0.25) is 0 Å². The smallest absolute Gasteiger partial charge is 0.407 e. The highest BCUT2D eigenvalue weighted by Crippen LogP contribution is 2.33. The molecule has 0 atom stereocenters. The zero-order valence-electron chi connectivity index (χ0n) is 13.1. The van der Waals surface area contributed by atoms with Gasteiger partial charge >= 0.3 is 6.09 Å². The van der Waals surface area contributed by atoms with Crippen LogP contribution in [-0.2, 0) is 0 Å². The molecule has 7 heteroatoms. The molecule has 0 spiro atoms. The normalized spacial score (nSPS) is 20.3. The predicted octanol–water partition coefficient (Wildman–Crippen LogP) is 1.95. The van der Waals surface area contributed by atoms with Crippen molar-refractivity contribution in [2.75, 3.05) is 31.1 Å². The summed E-state index contributed by atoms with van der Waals surface area (Å²) in [6.07, 6.45) is 4.80. The lowest BCUT2D eigenvalue weighted by atomic mass is 9.79. The molecule has 122 valence electrons. The molecule has 1 aromatic heterocycles. The summed E-state index contributed by atoms with van der Waals surface area (Å²) in [5.41, 5.74) is 0.401. The van der Waals surface area contributed by atoms with Gasteiger partial charge in [-0.3, -0.25) is 0 Å². The first-order valence-electron chi connectivity index (χ1n) is 8.12. The van der Waals surface area contributed by atoms with Crippen molar-refractivity contribution in [1.82, 2.24) is 14.9 Å². The van der Waals surface area contributed by atoms with Crippen LogP contribution in [0, 0.1) is 23.2 Å².